The van der Waals surface area contributed by atoms with Crippen LogP contribution in [0.15, 0.2) is 29.2 Å². The fourth-order valence-electron chi connectivity index (χ4n) is 2.77. The van der Waals surface area contributed by atoms with E-state index in [4.69, 9.17) is 0 Å². The quantitative estimate of drug-likeness (QED) is 0.873. The van der Waals surface area contributed by atoms with Crippen molar-refractivity contribution in [2.75, 3.05) is 12.3 Å². The van der Waals surface area contributed by atoms with Crippen LogP contribution in [0, 0.1) is 0 Å². The molecule has 0 spiro atoms. The molecule has 0 bridgehead atoms. The van der Waals surface area contributed by atoms with E-state index in [2.05, 4.69) is 5.32 Å². The van der Waals surface area contributed by atoms with Crippen LogP contribution in [0.3, 0.4) is 0 Å². The summed E-state index contributed by atoms with van der Waals surface area (Å²) in [7, 11) is -3.14. The van der Waals surface area contributed by atoms with Crippen LogP contribution in [0.5, 0.6) is 0 Å². The molecule has 2 atom stereocenters. The number of sulfone groups is 1. The molecule has 1 aliphatic heterocycles. The van der Waals surface area contributed by atoms with E-state index in [0.29, 0.717) is 17.9 Å². The number of hydrogen-bond donors (Lipinski definition) is 2. The van der Waals surface area contributed by atoms with Gasteiger partial charge in [0.05, 0.1) is 16.2 Å². The highest BCUT2D eigenvalue weighted by atomic mass is 32.2. The summed E-state index contributed by atoms with van der Waals surface area (Å²) < 4.78 is 24.1. The van der Waals surface area contributed by atoms with E-state index in [1.807, 2.05) is 26.0 Å². The number of rotatable bonds is 5. The van der Waals surface area contributed by atoms with Crippen molar-refractivity contribution < 1.29 is 13.5 Å². The molecule has 4 nitrogen and oxygen atoms in total. The summed E-state index contributed by atoms with van der Waals surface area (Å²) in [5.74, 6) is 0.164. The van der Waals surface area contributed by atoms with Gasteiger partial charge in [-0.2, -0.15) is 0 Å². The summed E-state index contributed by atoms with van der Waals surface area (Å²) in [4.78, 5) is 0.430. The fraction of sp³-hybridized carbons (Fsp3) is 0.600. The first kappa shape index (κ1) is 15.5. The summed E-state index contributed by atoms with van der Waals surface area (Å²) in [5, 5.41) is 13.5. The maximum absolute atomic E-state index is 12.0. The second-order valence-electron chi connectivity index (χ2n) is 5.83. The molecular weight excluding hydrogens is 274 g/mol. The third-order valence-electron chi connectivity index (χ3n) is 3.82. The minimum atomic E-state index is -3.14. The molecule has 20 heavy (non-hydrogen) atoms. The van der Waals surface area contributed by atoms with Crippen molar-refractivity contribution in [2.45, 2.75) is 49.6 Å². The van der Waals surface area contributed by atoms with Gasteiger partial charge in [-0.15, -0.1) is 0 Å². The summed E-state index contributed by atoms with van der Waals surface area (Å²) in [6.45, 7) is 4.33. The monoisotopic (exact) mass is 297 g/mol. The van der Waals surface area contributed by atoms with Crippen molar-refractivity contribution >= 4 is 9.84 Å². The Labute approximate surface area is 121 Å². The Balaban J connectivity index is 2.16. The molecule has 0 amide bonds. The molecule has 5 heteroatoms. The standard InChI is InChI=1S/C15H23NO3S/c1-3-9-15(2,17)11-16-13-8-10-20(18,19)14-7-5-4-6-12(13)14/h4-7,13,16-17H,3,8-11H2,1-2H3. The number of hydrogen-bond acceptors (Lipinski definition) is 4. The molecule has 2 N–H and O–H groups in total. The zero-order chi connectivity index (χ0) is 14.8. The molecule has 2 unspecified atom stereocenters. The lowest BCUT2D eigenvalue weighted by molar-refractivity contribution is 0.0468. The molecular formula is C15H23NO3S. The maximum Gasteiger partial charge on any atom is 0.178 e. The highest BCUT2D eigenvalue weighted by Gasteiger charge is 2.31. The van der Waals surface area contributed by atoms with Crippen LogP contribution in [0.2, 0.25) is 0 Å². The Morgan fingerprint density at radius 1 is 1.40 bits per heavy atom. The molecule has 0 saturated heterocycles. The third kappa shape index (κ3) is 3.40. The van der Waals surface area contributed by atoms with Gasteiger partial charge in [-0.05, 0) is 31.4 Å². The van der Waals surface area contributed by atoms with Crippen LogP contribution in [0.1, 0.15) is 44.7 Å². The minimum Gasteiger partial charge on any atom is -0.389 e. The van der Waals surface area contributed by atoms with E-state index < -0.39 is 15.4 Å². The van der Waals surface area contributed by atoms with E-state index in [1.54, 1.807) is 12.1 Å². The molecule has 112 valence electrons. The summed E-state index contributed by atoms with van der Waals surface area (Å²) in [6, 6.07) is 7.14. The number of aliphatic hydroxyl groups is 1. The van der Waals surface area contributed by atoms with Crippen LogP contribution in [0.4, 0.5) is 0 Å². The SMILES string of the molecule is CCCC(C)(O)CNC1CCS(=O)(=O)c2ccccc21. The number of nitrogens with one attached hydrogen (secondary N) is 1. The minimum absolute atomic E-state index is 0.00180. The van der Waals surface area contributed by atoms with Gasteiger partial charge in [0.1, 0.15) is 0 Å². The Bertz CT molecular complexity index is 566. The van der Waals surface area contributed by atoms with Gasteiger partial charge in [0.2, 0.25) is 0 Å². The van der Waals surface area contributed by atoms with Crippen LogP contribution in [0.25, 0.3) is 0 Å². The van der Waals surface area contributed by atoms with Gasteiger partial charge in [0, 0.05) is 12.6 Å². The van der Waals surface area contributed by atoms with Crippen molar-refractivity contribution in [2.24, 2.45) is 0 Å². The average Bonchev–Trinajstić information content (AvgIpc) is 2.38. The van der Waals surface area contributed by atoms with Crippen LogP contribution < -0.4 is 5.32 Å². The lowest BCUT2D eigenvalue weighted by Gasteiger charge is -2.30. The van der Waals surface area contributed by atoms with Gasteiger partial charge in [0.25, 0.3) is 0 Å². The zero-order valence-corrected chi connectivity index (χ0v) is 12.9. The third-order valence-corrected chi connectivity index (χ3v) is 5.64. The van der Waals surface area contributed by atoms with E-state index in [0.717, 1.165) is 18.4 Å². The molecule has 0 aliphatic carbocycles. The van der Waals surface area contributed by atoms with Crippen LogP contribution >= 0.6 is 0 Å². The highest BCUT2D eigenvalue weighted by Crippen LogP contribution is 2.32. The van der Waals surface area contributed by atoms with Crippen LogP contribution in [-0.4, -0.2) is 31.4 Å². The predicted molar refractivity (Wildman–Crippen MR) is 79.4 cm³/mol. The van der Waals surface area contributed by atoms with Gasteiger partial charge >= 0.3 is 0 Å². The van der Waals surface area contributed by atoms with Gasteiger partial charge in [-0.25, -0.2) is 8.42 Å². The van der Waals surface area contributed by atoms with E-state index in [9.17, 15) is 13.5 Å². The summed E-state index contributed by atoms with van der Waals surface area (Å²) in [5.41, 5.74) is 0.0751. The second-order valence-corrected chi connectivity index (χ2v) is 7.90. The average molecular weight is 297 g/mol. The molecule has 1 aromatic carbocycles. The molecule has 0 fully saturated rings. The van der Waals surface area contributed by atoms with Gasteiger partial charge in [-0.1, -0.05) is 31.5 Å². The number of fused-ring (bicyclic) bond motifs is 1. The fourth-order valence-corrected chi connectivity index (χ4v) is 4.39. The summed E-state index contributed by atoms with van der Waals surface area (Å²) >= 11 is 0. The molecule has 0 radical (unpaired) electrons. The molecule has 0 saturated carbocycles. The topological polar surface area (TPSA) is 66.4 Å². The van der Waals surface area contributed by atoms with Gasteiger partial charge in [-0.3, -0.25) is 0 Å². The highest BCUT2D eigenvalue weighted by molar-refractivity contribution is 7.91. The Hall–Kier alpha value is -0.910. The maximum atomic E-state index is 12.0. The zero-order valence-electron chi connectivity index (χ0n) is 12.1. The first-order chi connectivity index (χ1) is 9.36. The van der Waals surface area contributed by atoms with Crippen molar-refractivity contribution in [3.8, 4) is 0 Å². The molecule has 1 aliphatic rings. The van der Waals surface area contributed by atoms with E-state index in [1.165, 1.54) is 0 Å². The lowest BCUT2D eigenvalue weighted by atomic mass is 9.98. The Morgan fingerprint density at radius 2 is 2.10 bits per heavy atom. The van der Waals surface area contributed by atoms with E-state index in [-0.39, 0.29) is 11.8 Å². The molecule has 0 aromatic heterocycles. The van der Waals surface area contributed by atoms with Crippen LogP contribution in [-0.2, 0) is 9.84 Å². The first-order valence-corrected chi connectivity index (χ1v) is 8.78. The predicted octanol–water partition coefficient (Wildman–Crippen LogP) is 2.05. The molecule has 2 rings (SSSR count). The van der Waals surface area contributed by atoms with E-state index >= 15 is 0 Å². The number of benzene rings is 1. The largest absolute Gasteiger partial charge is 0.389 e. The Morgan fingerprint density at radius 3 is 2.80 bits per heavy atom. The molecule has 1 heterocycles. The van der Waals surface area contributed by atoms with Crippen molar-refractivity contribution in [3.05, 3.63) is 29.8 Å². The van der Waals surface area contributed by atoms with Crippen molar-refractivity contribution in [1.82, 2.24) is 5.32 Å². The Kier molecular flexibility index (Phi) is 4.52. The van der Waals surface area contributed by atoms with Gasteiger partial charge < -0.3 is 10.4 Å². The summed E-state index contributed by atoms with van der Waals surface area (Å²) in [6.07, 6.45) is 2.21. The van der Waals surface area contributed by atoms with Gasteiger partial charge in [0.15, 0.2) is 9.84 Å². The molecule has 1 aromatic rings. The van der Waals surface area contributed by atoms with Crippen molar-refractivity contribution in [1.29, 1.82) is 0 Å². The van der Waals surface area contributed by atoms with Crippen molar-refractivity contribution in [3.63, 3.8) is 0 Å². The first-order valence-electron chi connectivity index (χ1n) is 7.13. The normalized spacial score (nSPS) is 23.9. The lowest BCUT2D eigenvalue weighted by Crippen LogP contribution is -2.41. The second kappa shape index (κ2) is 5.84. The smallest absolute Gasteiger partial charge is 0.178 e.